The fourth-order valence-corrected chi connectivity index (χ4v) is 8.58. The maximum atomic E-state index is 13.5. The summed E-state index contributed by atoms with van der Waals surface area (Å²) in [7, 11) is 0. The zero-order valence-electron chi connectivity index (χ0n) is 22.6. The number of allylic oxidation sites excluding steroid dienone is 2. The minimum Gasteiger partial charge on any atom is -0.463 e. The van der Waals surface area contributed by atoms with E-state index in [-0.39, 0.29) is 50.5 Å². The number of aliphatic hydroxyl groups excluding tert-OH is 1. The molecular weight excluding hydrogens is 508 g/mol. The van der Waals surface area contributed by atoms with Crippen LogP contribution in [0, 0.1) is 10.8 Å². The van der Waals surface area contributed by atoms with Gasteiger partial charge in [-0.2, -0.15) is 0 Å². The maximum absolute atomic E-state index is 13.5. The number of ether oxygens (including phenoxy) is 6. The number of carbonyl (C=O) groups is 3. The first-order valence-electron chi connectivity index (χ1n) is 14.1. The third-order valence-electron chi connectivity index (χ3n) is 11.2. The number of rotatable bonds is 1. The number of cyclic esters (lactones) is 1. The van der Waals surface area contributed by atoms with Gasteiger partial charge in [0.1, 0.15) is 30.0 Å². The average Bonchev–Trinajstić information content (AvgIpc) is 3.81. The summed E-state index contributed by atoms with van der Waals surface area (Å²) < 4.78 is 36.7. The molecule has 7 aliphatic rings. The molecule has 3 spiro atoms. The standard InChI is InChI=1S/C29H36O10/c1-16-7-9-26-14-34-23(32)22-28(39-22)10-11-35-27(17(2)30,24(28)33)8-5-4-6-21(31)38-18-13-20(37-19(26)12-16)29(15-36-29)25(18,26)3/h4,6,12,18-20,22,24,33H,5,7-11,13-15H2,1-3H3/b6-4-/t18-,19-,20-,22-,24+,25-,26-,27+,28-,29+/m1/s1. The summed E-state index contributed by atoms with van der Waals surface area (Å²) in [6.07, 6.45) is 4.34. The van der Waals surface area contributed by atoms with Gasteiger partial charge >= 0.3 is 11.9 Å². The molecule has 5 fully saturated rings. The molecule has 0 aromatic heterocycles. The Morgan fingerprint density at radius 2 is 1.90 bits per heavy atom. The average molecular weight is 545 g/mol. The van der Waals surface area contributed by atoms with E-state index >= 15 is 0 Å². The van der Waals surface area contributed by atoms with Crippen molar-refractivity contribution >= 4 is 17.7 Å². The predicted molar refractivity (Wildman–Crippen MR) is 132 cm³/mol. The molecule has 1 N–H and O–H groups in total. The van der Waals surface area contributed by atoms with Gasteiger partial charge in [-0.25, -0.2) is 9.59 Å². The number of epoxide rings is 2. The van der Waals surface area contributed by atoms with Crippen molar-refractivity contribution < 1.29 is 47.9 Å². The van der Waals surface area contributed by atoms with Gasteiger partial charge in [0.2, 0.25) is 0 Å². The smallest absolute Gasteiger partial charge is 0.338 e. The molecule has 7 rings (SSSR count). The van der Waals surface area contributed by atoms with Gasteiger partial charge in [-0.05, 0) is 39.5 Å². The third-order valence-corrected chi connectivity index (χ3v) is 11.2. The summed E-state index contributed by atoms with van der Waals surface area (Å²) in [6, 6.07) is 0. The molecule has 10 heteroatoms. The van der Waals surface area contributed by atoms with Crippen molar-refractivity contribution in [1.82, 2.24) is 0 Å². The van der Waals surface area contributed by atoms with E-state index in [1.54, 1.807) is 6.08 Å². The number of hydrogen-bond acceptors (Lipinski definition) is 10. The van der Waals surface area contributed by atoms with Crippen molar-refractivity contribution in [3.63, 3.8) is 0 Å². The first kappa shape index (κ1) is 25.8. The largest absolute Gasteiger partial charge is 0.463 e. The van der Waals surface area contributed by atoms with E-state index in [4.69, 9.17) is 28.4 Å². The highest BCUT2D eigenvalue weighted by molar-refractivity contribution is 5.88. The van der Waals surface area contributed by atoms with Crippen LogP contribution >= 0.6 is 0 Å². The molecule has 10 atom stereocenters. The lowest BCUT2D eigenvalue weighted by Gasteiger charge is -2.58. The maximum Gasteiger partial charge on any atom is 0.338 e. The summed E-state index contributed by atoms with van der Waals surface area (Å²) in [5.74, 6) is -1.43. The molecule has 212 valence electrons. The number of aliphatic hydroxyl groups is 1. The van der Waals surface area contributed by atoms with Gasteiger partial charge in [-0.15, -0.1) is 0 Å². The second-order valence-corrected chi connectivity index (χ2v) is 12.7. The fraction of sp³-hybridized carbons (Fsp3) is 0.759. The molecule has 0 aromatic carbocycles. The third kappa shape index (κ3) is 3.18. The van der Waals surface area contributed by atoms with Gasteiger partial charge in [0.15, 0.2) is 17.5 Å². The van der Waals surface area contributed by atoms with Crippen LogP contribution < -0.4 is 0 Å². The lowest BCUT2D eigenvalue weighted by atomic mass is 9.51. The van der Waals surface area contributed by atoms with Gasteiger partial charge in [-0.1, -0.05) is 24.6 Å². The zero-order chi connectivity index (χ0) is 27.4. The van der Waals surface area contributed by atoms with Crippen LogP contribution in [-0.2, 0) is 42.8 Å². The van der Waals surface area contributed by atoms with Crippen molar-refractivity contribution in [2.24, 2.45) is 10.8 Å². The molecule has 4 bridgehead atoms. The highest BCUT2D eigenvalue weighted by atomic mass is 16.7. The molecule has 1 saturated carbocycles. The zero-order valence-corrected chi connectivity index (χ0v) is 22.6. The van der Waals surface area contributed by atoms with E-state index in [2.05, 4.69) is 19.9 Å². The second kappa shape index (κ2) is 8.22. The Morgan fingerprint density at radius 1 is 1.10 bits per heavy atom. The van der Waals surface area contributed by atoms with E-state index in [1.165, 1.54) is 18.6 Å². The van der Waals surface area contributed by atoms with Crippen molar-refractivity contribution in [1.29, 1.82) is 0 Å². The van der Waals surface area contributed by atoms with Crippen LogP contribution in [0.25, 0.3) is 0 Å². The number of ketones is 1. The molecule has 0 unspecified atom stereocenters. The van der Waals surface area contributed by atoms with Crippen molar-refractivity contribution in [2.45, 2.75) is 107 Å². The first-order chi connectivity index (χ1) is 18.5. The fourth-order valence-electron chi connectivity index (χ4n) is 8.58. The summed E-state index contributed by atoms with van der Waals surface area (Å²) in [5, 5.41) is 11.4. The highest BCUT2D eigenvalue weighted by Gasteiger charge is 2.83. The van der Waals surface area contributed by atoms with Crippen LogP contribution in [0.5, 0.6) is 0 Å². The Bertz CT molecular complexity index is 1190. The molecule has 2 aliphatic carbocycles. The Morgan fingerprint density at radius 3 is 2.64 bits per heavy atom. The summed E-state index contributed by atoms with van der Waals surface area (Å²) in [5.41, 5.74) is -3.54. The molecule has 10 nitrogen and oxygen atoms in total. The molecule has 5 heterocycles. The van der Waals surface area contributed by atoms with Crippen LogP contribution in [0.1, 0.15) is 59.3 Å². The van der Waals surface area contributed by atoms with Gasteiger partial charge in [0.25, 0.3) is 0 Å². The van der Waals surface area contributed by atoms with E-state index in [1.807, 2.05) is 0 Å². The topological polar surface area (TPSA) is 133 Å². The van der Waals surface area contributed by atoms with E-state index < -0.39 is 57.9 Å². The van der Waals surface area contributed by atoms with E-state index in [0.717, 1.165) is 6.42 Å². The minimum atomic E-state index is -1.54. The van der Waals surface area contributed by atoms with Crippen LogP contribution in [0.2, 0.25) is 0 Å². The normalized spacial score (nSPS) is 53.0. The quantitative estimate of drug-likeness (QED) is 0.295. The molecule has 5 aliphatic heterocycles. The van der Waals surface area contributed by atoms with Crippen LogP contribution in [-0.4, -0.2) is 90.0 Å². The number of fused-ring (bicyclic) bond motifs is 1. The van der Waals surface area contributed by atoms with Crippen LogP contribution in [0.3, 0.4) is 0 Å². The molecule has 0 aromatic rings. The van der Waals surface area contributed by atoms with Crippen molar-refractivity contribution in [3.05, 3.63) is 23.8 Å². The van der Waals surface area contributed by atoms with Gasteiger partial charge in [-0.3, -0.25) is 4.79 Å². The number of carbonyl (C=O) groups excluding carboxylic acids is 3. The Kier molecular flexibility index (Phi) is 5.45. The SMILES string of the molecule is CC(=O)[C@]12CC/C=C\C(=O)O[C@@H]3C[C@H]4O[C@@H]5C=C(C)CC[C@]5(COC(=O)[C@H]5O[C@@]5(CCO1)[C@H]2O)[C@]3(C)[C@]41CO1. The Hall–Kier alpha value is -2.11. The summed E-state index contributed by atoms with van der Waals surface area (Å²) in [4.78, 5) is 39.4. The Labute approximate surface area is 226 Å². The predicted octanol–water partition coefficient (Wildman–Crippen LogP) is 1.71. The van der Waals surface area contributed by atoms with Gasteiger partial charge in [0.05, 0.1) is 30.8 Å². The van der Waals surface area contributed by atoms with Crippen molar-refractivity contribution in [3.8, 4) is 0 Å². The lowest BCUT2D eigenvalue weighted by molar-refractivity contribution is -0.233. The number of hydrogen-bond donors (Lipinski definition) is 1. The Balaban J connectivity index is 1.29. The number of Topliss-reactive ketones (excluding diaryl/α,β-unsaturated/α-hetero) is 1. The van der Waals surface area contributed by atoms with Gasteiger partial charge < -0.3 is 33.5 Å². The molecular formula is C29H36O10. The van der Waals surface area contributed by atoms with E-state index in [9.17, 15) is 19.5 Å². The molecule has 0 amide bonds. The highest BCUT2D eigenvalue weighted by Crippen LogP contribution is 2.72. The van der Waals surface area contributed by atoms with Crippen LogP contribution in [0.15, 0.2) is 23.8 Å². The first-order valence-corrected chi connectivity index (χ1v) is 14.1. The summed E-state index contributed by atoms with van der Waals surface area (Å²) >= 11 is 0. The van der Waals surface area contributed by atoms with Crippen LogP contribution in [0.4, 0.5) is 0 Å². The van der Waals surface area contributed by atoms with E-state index in [0.29, 0.717) is 19.4 Å². The molecule has 39 heavy (non-hydrogen) atoms. The lowest BCUT2D eigenvalue weighted by Crippen LogP contribution is -2.67. The minimum absolute atomic E-state index is 0.0267. The monoisotopic (exact) mass is 544 g/mol. The van der Waals surface area contributed by atoms with Gasteiger partial charge in [0, 0.05) is 24.3 Å². The van der Waals surface area contributed by atoms with Crippen molar-refractivity contribution in [2.75, 3.05) is 19.8 Å². The summed E-state index contributed by atoms with van der Waals surface area (Å²) in [6.45, 7) is 6.20. The number of esters is 2. The molecule has 4 saturated heterocycles. The second-order valence-electron chi connectivity index (χ2n) is 12.7. The molecule has 0 radical (unpaired) electrons.